The molecular weight excluding hydrogens is 498 g/mol. The molecule has 8 heteroatoms. The van der Waals surface area contributed by atoms with E-state index in [-0.39, 0.29) is 17.3 Å². The zero-order valence-corrected chi connectivity index (χ0v) is 23.4. The first-order valence-corrected chi connectivity index (χ1v) is 14.4. The molecule has 3 aromatic rings. The first kappa shape index (κ1) is 28.9. The summed E-state index contributed by atoms with van der Waals surface area (Å²) in [5.41, 5.74) is 2.93. The van der Waals surface area contributed by atoms with E-state index in [0.29, 0.717) is 18.7 Å². The van der Waals surface area contributed by atoms with Crippen LogP contribution in [0, 0.1) is 13.8 Å². The van der Waals surface area contributed by atoms with E-state index in [0.717, 1.165) is 27.4 Å². The highest BCUT2D eigenvalue weighted by Crippen LogP contribution is 2.27. The molecule has 0 spiro atoms. The Morgan fingerprint density at radius 1 is 0.868 bits per heavy atom. The van der Waals surface area contributed by atoms with E-state index in [1.807, 2.05) is 70.2 Å². The first-order valence-electron chi connectivity index (χ1n) is 12.9. The van der Waals surface area contributed by atoms with Crippen molar-refractivity contribution in [2.24, 2.45) is 0 Å². The topological polar surface area (TPSA) is 86.8 Å². The van der Waals surface area contributed by atoms with Gasteiger partial charge in [0.25, 0.3) is 10.0 Å². The summed E-state index contributed by atoms with van der Waals surface area (Å²) in [7, 11) is -4.08. The highest BCUT2D eigenvalue weighted by Gasteiger charge is 2.34. The Kier molecular flexibility index (Phi) is 10.1. The number of sulfonamides is 1. The summed E-state index contributed by atoms with van der Waals surface area (Å²) in [6, 6.07) is 22.3. The van der Waals surface area contributed by atoms with Crippen molar-refractivity contribution in [3.8, 4) is 0 Å². The maximum absolute atomic E-state index is 14.0. The zero-order valence-electron chi connectivity index (χ0n) is 22.6. The second-order valence-electron chi connectivity index (χ2n) is 9.33. The Labute approximate surface area is 226 Å². The molecule has 7 nitrogen and oxygen atoms in total. The predicted molar refractivity (Wildman–Crippen MR) is 151 cm³/mol. The molecule has 0 aliphatic rings. The molecule has 38 heavy (non-hydrogen) atoms. The van der Waals surface area contributed by atoms with Crippen LogP contribution in [0.1, 0.15) is 43.4 Å². The monoisotopic (exact) mass is 535 g/mol. The van der Waals surface area contributed by atoms with Gasteiger partial charge in [0.1, 0.15) is 12.6 Å². The van der Waals surface area contributed by atoms with Gasteiger partial charge >= 0.3 is 0 Å². The van der Waals surface area contributed by atoms with Crippen molar-refractivity contribution in [1.29, 1.82) is 0 Å². The molecule has 0 bridgehead atoms. The van der Waals surface area contributed by atoms with Gasteiger partial charge in [0.15, 0.2) is 0 Å². The molecule has 0 saturated heterocycles. The molecule has 1 N–H and O–H groups in total. The number of carbonyl (C=O) groups excluding carboxylic acids is 2. The lowest BCUT2D eigenvalue weighted by molar-refractivity contribution is -0.140. The van der Waals surface area contributed by atoms with E-state index in [1.54, 1.807) is 36.4 Å². The van der Waals surface area contributed by atoms with E-state index in [4.69, 9.17) is 0 Å². The number of nitrogens with one attached hydrogen (secondary N) is 1. The summed E-state index contributed by atoms with van der Waals surface area (Å²) in [5.74, 6) is -0.700. The second-order valence-corrected chi connectivity index (χ2v) is 11.2. The van der Waals surface area contributed by atoms with E-state index in [9.17, 15) is 18.0 Å². The third-order valence-electron chi connectivity index (χ3n) is 6.40. The molecule has 0 unspecified atom stereocenters. The Hall–Kier alpha value is -3.65. The van der Waals surface area contributed by atoms with Gasteiger partial charge in [0.2, 0.25) is 11.8 Å². The Morgan fingerprint density at radius 3 is 2.11 bits per heavy atom. The van der Waals surface area contributed by atoms with Crippen LogP contribution in [0.5, 0.6) is 0 Å². The van der Waals surface area contributed by atoms with Crippen LogP contribution in [0.3, 0.4) is 0 Å². The van der Waals surface area contributed by atoms with Crippen molar-refractivity contribution < 1.29 is 18.0 Å². The molecule has 0 fully saturated rings. The summed E-state index contributed by atoms with van der Waals surface area (Å²) in [6.45, 7) is 7.75. The SMILES string of the molecule is CCCNC(=O)[C@@H](CC)N(Cc1ccccc1)C(=O)CN(c1ccccc1C)S(=O)(=O)c1ccc(C)cc1. The summed E-state index contributed by atoms with van der Waals surface area (Å²) >= 11 is 0. The quantitative estimate of drug-likeness (QED) is 0.360. The van der Waals surface area contributed by atoms with Crippen LogP contribution in [-0.4, -0.2) is 44.3 Å². The number of para-hydroxylation sites is 1. The average molecular weight is 536 g/mol. The van der Waals surface area contributed by atoms with Crippen molar-refractivity contribution >= 4 is 27.5 Å². The van der Waals surface area contributed by atoms with Crippen LogP contribution in [0.15, 0.2) is 83.8 Å². The number of benzene rings is 3. The van der Waals surface area contributed by atoms with Crippen molar-refractivity contribution in [2.45, 2.75) is 58.0 Å². The third-order valence-corrected chi connectivity index (χ3v) is 8.18. The second kappa shape index (κ2) is 13.2. The number of anilines is 1. The van der Waals surface area contributed by atoms with Crippen LogP contribution >= 0.6 is 0 Å². The number of rotatable bonds is 12. The molecule has 0 aliphatic carbocycles. The number of carbonyl (C=O) groups is 2. The number of nitrogens with zero attached hydrogens (tertiary/aromatic N) is 2. The summed E-state index contributed by atoms with van der Waals surface area (Å²) in [6.07, 6.45) is 1.16. The lowest BCUT2D eigenvalue weighted by Crippen LogP contribution is -2.52. The standard InChI is InChI=1S/C30H37N3O4S/c1-5-20-31-30(35)27(6-2)32(21-25-13-8-7-9-14-25)29(34)22-33(28-15-11-10-12-24(28)4)38(36,37)26-18-16-23(3)17-19-26/h7-19,27H,5-6,20-22H2,1-4H3,(H,31,35)/t27-/m1/s1. The van der Waals surface area contributed by atoms with Gasteiger partial charge in [-0.2, -0.15) is 0 Å². The molecule has 0 radical (unpaired) electrons. The fourth-order valence-electron chi connectivity index (χ4n) is 4.26. The number of amides is 2. The molecule has 0 heterocycles. The summed E-state index contributed by atoms with van der Waals surface area (Å²) in [5, 5.41) is 2.90. The van der Waals surface area contributed by atoms with Crippen LogP contribution < -0.4 is 9.62 Å². The van der Waals surface area contributed by atoms with Crippen molar-refractivity contribution in [3.05, 3.63) is 95.6 Å². The summed E-state index contributed by atoms with van der Waals surface area (Å²) < 4.78 is 29.0. The minimum Gasteiger partial charge on any atom is -0.354 e. The van der Waals surface area contributed by atoms with Gasteiger partial charge in [-0.25, -0.2) is 8.42 Å². The average Bonchev–Trinajstić information content (AvgIpc) is 2.91. The molecular formula is C30H37N3O4S. The van der Waals surface area contributed by atoms with Gasteiger partial charge in [-0.15, -0.1) is 0 Å². The molecule has 202 valence electrons. The molecule has 0 saturated carbocycles. The maximum atomic E-state index is 14.0. The highest BCUT2D eigenvalue weighted by atomic mass is 32.2. The van der Waals surface area contributed by atoms with Gasteiger partial charge in [-0.3, -0.25) is 13.9 Å². The zero-order chi connectivity index (χ0) is 27.7. The van der Waals surface area contributed by atoms with E-state index in [1.165, 1.54) is 4.90 Å². The van der Waals surface area contributed by atoms with Crippen molar-refractivity contribution in [3.63, 3.8) is 0 Å². The smallest absolute Gasteiger partial charge is 0.264 e. The Bertz CT molecular complexity index is 1330. The van der Waals surface area contributed by atoms with Gasteiger partial charge in [0, 0.05) is 13.1 Å². The fraction of sp³-hybridized carbons (Fsp3) is 0.333. The van der Waals surface area contributed by atoms with Gasteiger partial charge in [0.05, 0.1) is 10.6 Å². The highest BCUT2D eigenvalue weighted by molar-refractivity contribution is 7.92. The first-order chi connectivity index (χ1) is 18.2. The van der Waals surface area contributed by atoms with E-state index < -0.39 is 28.5 Å². The largest absolute Gasteiger partial charge is 0.354 e. The number of hydrogen-bond donors (Lipinski definition) is 1. The van der Waals surface area contributed by atoms with Crippen LogP contribution in [0.2, 0.25) is 0 Å². The van der Waals surface area contributed by atoms with Gasteiger partial charge < -0.3 is 10.2 Å². The van der Waals surface area contributed by atoms with Crippen molar-refractivity contribution in [1.82, 2.24) is 10.2 Å². The van der Waals surface area contributed by atoms with E-state index >= 15 is 0 Å². The lowest BCUT2D eigenvalue weighted by atomic mass is 10.1. The fourth-order valence-corrected chi connectivity index (χ4v) is 5.74. The maximum Gasteiger partial charge on any atom is 0.264 e. The summed E-state index contributed by atoms with van der Waals surface area (Å²) in [4.78, 5) is 28.7. The van der Waals surface area contributed by atoms with Crippen LogP contribution in [0.25, 0.3) is 0 Å². The Morgan fingerprint density at radius 2 is 1.50 bits per heavy atom. The number of hydrogen-bond acceptors (Lipinski definition) is 4. The number of aryl methyl sites for hydroxylation is 2. The molecule has 0 aromatic heterocycles. The lowest BCUT2D eigenvalue weighted by Gasteiger charge is -2.33. The van der Waals surface area contributed by atoms with Crippen molar-refractivity contribution in [2.75, 3.05) is 17.4 Å². The molecule has 2 amide bonds. The molecule has 3 aromatic carbocycles. The molecule has 3 rings (SSSR count). The van der Waals surface area contributed by atoms with Gasteiger partial charge in [-0.1, -0.05) is 80.1 Å². The molecule has 0 aliphatic heterocycles. The Balaban J connectivity index is 2.05. The normalized spacial score (nSPS) is 12.0. The van der Waals surface area contributed by atoms with Crippen LogP contribution in [-0.2, 0) is 26.2 Å². The predicted octanol–water partition coefficient (Wildman–Crippen LogP) is 4.83. The minimum atomic E-state index is -4.08. The van der Waals surface area contributed by atoms with Crippen LogP contribution in [0.4, 0.5) is 5.69 Å². The van der Waals surface area contributed by atoms with Gasteiger partial charge in [-0.05, 0) is 56.0 Å². The minimum absolute atomic E-state index is 0.0986. The molecule has 1 atom stereocenters. The third kappa shape index (κ3) is 7.01. The van der Waals surface area contributed by atoms with E-state index in [2.05, 4.69) is 5.32 Å².